The second kappa shape index (κ2) is 6.71. The van der Waals surface area contributed by atoms with Gasteiger partial charge in [0, 0.05) is 6.54 Å². The van der Waals surface area contributed by atoms with Crippen molar-refractivity contribution in [2.45, 2.75) is 45.7 Å². The molecule has 19 heavy (non-hydrogen) atoms. The maximum atomic E-state index is 12.0. The second-order valence-electron chi connectivity index (χ2n) is 5.73. The van der Waals surface area contributed by atoms with E-state index >= 15 is 0 Å². The van der Waals surface area contributed by atoms with Gasteiger partial charge in [0.15, 0.2) is 0 Å². The Balaban J connectivity index is 1.93. The average Bonchev–Trinajstić information content (AvgIpc) is 2.90. The molecule has 1 atom stereocenters. The van der Waals surface area contributed by atoms with Crippen molar-refractivity contribution in [2.75, 3.05) is 6.54 Å². The van der Waals surface area contributed by atoms with Crippen molar-refractivity contribution in [1.29, 1.82) is 0 Å². The fourth-order valence-corrected chi connectivity index (χ4v) is 2.58. The van der Waals surface area contributed by atoms with Crippen molar-refractivity contribution in [3.63, 3.8) is 0 Å². The predicted molar refractivity (Wildman–Crippen MR) is 77.9 cm³/mol. The van der Waals surface area contributed by atoms with Crippen molar-refractivity contribution in [2.24, 2.45) is 5.92 Å². The Hall–Kier alpha value is -1.35. The van der Waals surface area contributed by atoms with Crippen LogP contribution in [0.4, 0.5) is 0 Å². The van der Waals surface area contributed by atoms with Crippen LogP contribution in [0.3, 0.4) is 0 Å². The number of rotatable bonds is 5. The van der Waals surface area contributed by atoms with Gasteiger partial charge in [-0.15, -0.1) is 0 Å². The molecule has 0 unspecified atom stereocenters. The van der Waals surface area contributed by atoms with E-state index in [2.05, 4.69) is 42.7 Å². The highest BCUT2D eigenvalue weighted by atomic mass is 16.2. The first kappa shape index (κ1) is 14.1. The first-order chi connectivity index (χ1) is 9.16. The monoisotopic (exact) mass is 260 g/mol. The smallest absolute Gasteiger partial charge is 0.237 e. The number of benzene rings is 1. The largest absolute Gasteiger partial charge is 0.351 e. The summed E-state index contributed by atoms with van der Waals surface area (Å²) >= 11 is 0. The molecule has 1 aliphatic heterocycles. The number of carbonyl (C=O) groups is 1. The Morgan fingerprint density at radius 3 is 2.74 bits per heavy atom. The Kier molecular flexibility index (Phi) is 4.97. The third-order valence-corrected chi connectivity index (χ3v) is 3.58. The van der Waals surface area contributed by atoms with Crippen LogP contribution in [-0.4, -0.2) is 18.5 Å². The van der Waals surface area contributed by atoms with Gasteiger partial charge in [-0.05, 0) is 42.9 Å². The standard InChI is InChI=1S/C16H24N2O/c1-12(2)10-13-6-3-4-7-14(13)11-18-16(19)15-8-5-9-17-15/h3-4,6-7,12,15,17H,5,8-11H2,1-2H3,(H,18,19)/t15-/m0/s1. The summed E-state index contributed by atoms with van der Waals surface area (Å²) in [6, 6.07) is 8.40. The van der Waals surface area contributed by atoms with Crippen LogP contribution in [0, 0.1) is 5.92 Å². The number of nitrogens with one attached hydrogen (secondary N) is 2. The normalized spacial score (nSPS) is 18.8. The fraction of sp³-hybridized carbons (Fsp3) is 0.562. The molecule has 0 aromatic heterocycles. The van der Waals surface area contributed by atoms with Crippen LogP contribution in [0.5, 0.6) is 0 Å². The summed E-state index contributed by atoms with van der Waals surface area (Å²) in [6.45, 7) is 6.04. The van der Waals surface area contributed by atoms with Gasteiger partial charge in [-0.2, -0.15) is 0 Å². The minimum absolute atomic E-state index is 0.0114. The summed E-state index contributed by atoms with van der Waals surface area (Å²) in [4.78, 5) is 12.0. The molecule has 1 fully saturated rings. The topological polar surface area (TPSA) is 41.1 Å². The van der Waals surface area contributed by atoms with E-state index in [4.69, 9.17) is 0 Å². The Labute approximate surface area is 115 Å². The highest BCUT2D eigenvalue weighted by molar-refractivity contribution is 5.82. The van der Waals surface area contributed by atoms with Gasteiger partial charge < -0.3 is 10.6 Å². The Bertz CT molecular complexity index is 423. The third-order valence-electron chi connectivity index (χ3n) is 3.58. The van der Waals surface area contributed by atoms with Crippen molar-refractivity contribution in [3.8, 4) is 0 Å². The van der Waals surface area contributed by atoms with Crippen LogP contribution < -0.4 is 10.6 Å². The number of amides is 1. The second-order valence-corrected chi connectivity index (χ2v) is 5.73. The molecular formula is C16H24N2O. The van der Waals surface area contributed by atoms with E-state index < -0.39 is 0 Å². The summed E-state index contributed by atoms with van der Waals surface area (Å²) in [6.07, 6.45) is 3.12. The highest BCUT2D eigenvalue weighted by Gasteiger charge is 2.21. The van der Waals surface area contributed by atoms with Crippen molar-refractivity contribution in [1.82, 2.24) is 10.6 Å². The van der Waals surface area contributed by atoms with Crippen molar-refractivity contribution >= 4 is 5.91 Å². The predicted octanol–water partition coefficient (Wildman–Crippen LogP) is 2.25. The highest BCUT2D eigenvalue weighted by Crippen LogP contribution is 2.14. The molecule has 0 saturated carbocycles. The van der Waals surface area contributed by atoms with E-state index in [1.807, 2.05) is 6.07 Å². The zero-order valence-corrected chi connectivity index (χ0v) is 11.9. The molecule has 2 N–H and O–H groups in total. The Morgan fingerprint density at radius 2 is 2.11 bits per heavy atom. The lowest BCUT2D eigenvalue weighted by Crippen LogP contribution is -2.40. The van der Waals surface area contributed by atoms with Gasteiger partial charge in [0.1, 0.15) is 0 Å². The van der Waals surface area contributed by atoms with E-state index in [9.17, 15) is 4.79 Å². The van der Waals surface area contributed by atoms with Crippen LogP contribution in [0.25, 0.3) is 0 Å². The molecule has 1 aromatic carbocycles. The van der Waals surface area contributed by atoms with Gasteiger partial charge in [0.05, 0.1) is 6.04 Å². The maximum Gasteiger partial charge on any atom is 0.237 e. The van der Waals surface area contributed by atoms with Gasteiger partial charge in [-0.3, -0.25) is 4.79 Å². The molecule has 2 rings (SSSR count). The molecule has 1 saturated heterocycles. The van der Waals surface area contributed by atoms with E-state index in [0.29, 0.717) is 12.5 Å². The maximum absolute atomic E-state index is 12.0. The minimum Gasteiger partial charge on any atom is -0.351 e. The van der Waals surface area contributed by atoms with E-state index in [0.717, 1.165) is 25.8 Å². The lowest BCUT2D eigenvalue weighted by molar-refractivity contribution is -0.122. The van der Waals surface area contributed by atoms with Gasteiger partial charge >= 0.3 is 0 Å². The zero-order valence-electron chi connectivity index (χ0n) is 11.9. The summed E-state index contributed by atoms with van der Waals surface area (Å²) < 4.78 is 0. The molecule has 3 nitrogen and oxygen atoms in total. The fourth-order valence-electron chi connectivity index (χ4n) is 2.58. The minimum atomic E-state index is 0.0114. The lowest BCUT2D eigenvalue weighted by atomic mass is 9.98. The molecule has 1 amide bonds. The van der Waals surface area contributed by atoms with Crippen LogP contribution in [-0.2, 0) is 17.8 Å². The lowest BCUT2D eigenvalue weighted by Gasteiger charge is -2.14. The molecule has 0 spiro atoms. The molecule has 0 bridgehead atoms. The molecule has 1 aliphatic rings. The van der Waals surface area contributed by atoms with Crippen LogP contribution in [0.2, 0.25) is 0 Å². The summed E-state index contributed by atoms with van der Waals surface area (Å²) in [5.41, 5.74) is 2.58. The van der Waals surface area contributed by atoms with Crippen molar-refractivity contribution < 1.29 is 4.79 Å². The SMILES string of the molecule is CC(C)Cc1ccccc1CNC(=O)[C@@H]1CCCN1. The summed E-state index contributed by atoms with van der Waals surface area (Å²) in [5.74, 6) is 0.769. The average molecular weight is 260 g/mol. The molecule has 0 aliphatic carbocycles. The molecule has 0 radical (unpaired) electrons. The van der Waals surface area contributed by atoms with Gasteiger partial charge in [0.2, 0.25) is 5.91 Å². The summed E-state index contributed by atoms with van der Waals surface area (Å²) in [7, 11) is 0. The van der Waals surface area contributed by atoms with Crippen LogP contribution >= 0.6 is 0 Å². The number of hydrogen-bond acceptors (Lipinski definition) is 2. The third kappa shape index (κ3) is 4.06. The van der Waals surface area contributed by atoms with Gasteiger partial charge in [-0.25, -0.2) is 0 Å². The molecule has 1 aromatic rings. The van der Waals surface area contributed by atoms with E-state index in [-0.39, 0.29) is 11.9 Å². The first-order valence-corrected chi connectivity index (χ1v) is 7.24. The molecule has 104 valence electrons. The number of carbonyl (C=O) groups excluding carboxylic acids is 1. The number of hydrogen-bond donors (Lipinski definition) is 2. The van der Waals surface area contributed by atoms with Crippen LogP contribution in [0.15, 0.2) is 24.3 Å². The van der Waals surface area contributed by atoms with Crippen molar-refractivity contribution in [3.05, 3.63) is 35.4 Å². The zero-order chi connectivity index (χ0) is 13.7. The Morgan fingerprint density at radius 1 is 1.37 bits per heavy atom. The first-order valence-electron chi connectivity index (χ1n) is 7.24. The quantitative estimate of drug-likeness (QED) is 0.852. The van der Waals surface area contributed by atoms with Crippen LogP contribution in [0.1, 0.15) is 37.8 Å². The van der Waals surface area contributed by atoms with Gasteiger partial charge in [0.25, 0.3) is 0 Å². The summed E-state index contributed by atoms with van der Waals surface area (Å²) in [5, 5.41) is 6.28. The molecular weight excluding hydrogens is 236 g/mol. The molecule has 3 heteroatoms. The van der Waals surface area contributed by atoms with E-state index in [1.54, 1.807) is 0 Å². The molecule has 1 heterocycles. The van der Waals surface area contributed by atoms with Gasteiger partial charge in [-0.1, -0.05) is 38.1 Å². The van der Waals surface area contributed by atoms with E-state index in [1.165, 1.54) is 11.1 Å².